The molecule has 0 saturated carbocycles. The van der Waals surface area contributed by atoms with Crippen LogP contribution in [0.4, 0.5) is 0 Å². The Kier molecular flexibility index (Phi) is 17.0. The molecule has 0 bridgehead atoms. The van der Waals surface area contributed by atoms with Crippen molar-refractivity contribution in [3.63, 3.8) is 0 Å². The van der Waals surface area contributed by atoms with Gasteiger partial charge in [0, 0.05) is 0 Å². The Labute approximate surface area is 83.4 Å². The first-order valence-electron chi connectivity index (χ1n) is 5.25. The van der Waals surface area contributed by atoms with E-state index in [2.05, 4.69) is 37.6 Å². The number of nitrogens with zero attached hydrogens (tertiary/aromatic N) is 1. The molecular weight excluding hydrogens is 162 g/mol. The first kappa shape index (κ1) is 15.4. The van der Waals surface area contributed by atoms with Crippen molar-refractivity contribution >= 4 is 0 Å². The molecule has 4 N–H and O–H groups in total. The Hall–Kier alpha value is -0.120. The van der Waals surface area contributed by atoms with E-state index in [0.29, 0.717) is 0 Å². The Morgan fingerprint density at radius 2 is 1.31 bits per heavy atom. The van der Waals surface area contributed by atoms with Crippen LogP contribution >= 0.6 is 0 Å². The Balaban J connectivity index is 0. The smallest absolute Gasteiger partial charge is 0.00248 e. The van der Waals surface area contributed by atoms with E-state index in [0.717, 1.165) is 0 Å². The zero-order valence-electron chi connectivity index (χ0n) is 9.55. The maximum Gasteiger partial charge on any atom is -0.00248 e. The van der Waals surface area contributed by atoms with Crippen LogP contribution in [-0.2, 0) is 0 Å². The third-order valence-electron chi connectivity index (χ3n) is 1.96. The van der Waals surface area contributed by atoms with Crippen LogP contribution in [-0.4, -0.2) is 25.5 Å². The average molecular weight is 189 g/mol. The third-order valence-corrected chi connectivity index (χ3v) is 1.96. The summed E-state index contributed by atoms with van der Waals surface area (Å²) in [5, 5.41) is 0. The monoisotopic (exact) mass is 189 g/mol. The van der Waals surface area contributed by atoms with Crippen LogP contribution in [0, 0.1) is 0 Å². The minimum Gasteiger partial charge on any atom is -0.309 e. The number of hydrogen-bond acceptors (Lipinski definition) is 3. The van der Waals surface area contributed by atoms with Crippen molar-refractivity contribution in [2.45, 2.75) is 45.4 Å². The zero-order chi connectivity index (χ0) is 10.5. The summed E-state index contributed by atoms with van der Waals surface area (Å²) in [6, 6.07) is 0. The standard InChI is InChI=1S/C10H23N.H4N2/c1-4-5-6-7-8-9-10-11(2)3;1-2/h4-10H2,1-3H3;1-2H2. The van der Waals surface area contributed by atoms with Crippen LogP contribution in [0.5, 0.6) is 0 Å². The van der Waals surface area contributed by atoms with Crippen molar-refractivity contribution in [3.05, 3.63) is 0 Å². The lowest BCUT2D eigenvalue weighted by atomic mass is 10.1. The van der Waals surface area contributed by atoms with Crippen LogP contribution in [0.2, 0.25) is 0 Å². The molecule has 0 saturated heterocycles. The molecule has 3 heteroatoms. The number of nitrogens with two attached hydrogens (primary N) is 2. The lowest BCUT2D eigenvalue weighted by Gasteiger charge is -2.08. The Bertz CT molecular complexity index is 74.6. The summed E-state index contributed by atoms with van der Waals surface area (Å²) in [5.74, 6) is 8.00. The maximum absolute atomic E-state index is 4.00. The summed E-state index contributed by atoms with van der Waals surface area (Å²) in [6.07, 6.45) is 8.43. The first-order valence-corrected chi connectivity index (χ1v) is 5.25. The van der Waals surface area contributed by atoms with Crippen LogP contribution < -0.4 is 11.7 Å². The number of hydrazine groups is 1. The second-order valence-corrected chi connectivity index (χ2v) is 3.57. The summed E-state index contributed by atoms with van der Waals surface area (Å²) in [7, 11) is 4.29. The van der Waals surface area contributed by atoms with Crippen molar-refractivity contribution in [1.82, 2.24) is 4.90 Å². The molecule has 0 radical (unpaired) electrons. The predicted octanol–water partition coefficient (Wildman–Crippen LogP) is 1.73. The predicted molar refractivity (Wildman–Crippen MR) is 60.3 cm³/mol. The molecule has 0 fully saturated rings. The van der Waals surface area contributed by atoms with Gasteiger partial charge < -0.3 is 4.90 Å². The highest BCUT2D eigenvalue weighted by molar-refractivity contribution is 4.46. The maximum atomic E-state index is 4.00. The van der Waals surface area contributed by atoms with Gasteiger partial charge in [-0.2, -0.15) is 0 Å². The normalized spacial score (nSPS) is 9.69. The lowest BCUT2D eigenvalue weighted by molar-refractivity contribution is 0.389. The van der Waals surface area contributed by atoms with E-state index in [1.807, 2.05) is 0 Å². The highest BCUT2D eigenvalue weighted by Gasteiger charge is 1.90. The summed E-state index contributed by atoms with van der Waals surface area (Å²) in [5.41, 5.74) is 0. The first-order chi connectivity index (χ1) is 6.27. The van der Waals surface area contributed by atoms with Crippen molar-refractivity contribution in [2.75, 3.05) is 20.6 Å². The molecule has 0 aliphatic rings. The van der Waals surface area contributed by atoms with Gasteiger partial charge in [-0.25, -0.2) is 0 Å². The minimum absolute atomic E-state index is 1.26. The fraction of sp³-hybridized carbons (Fsp3) is 1.00. The van der Waals surface area contributed by atoms with Crippen molar-refractivity contribution in [1.29, 1.82) is 0 Å². The number of rotatable bonds is 7. The minimum atomic E-state index is 1.26. The van der Waals surface area contributed by atoms with Gasteiger partial charge in [0.05, 0.1) is 0 Å². The largest absolute Gasteiger partial charge is 0.309 e. The van der Waals surface area contributed by atoms with Gasteiger partial charge in [-0.05, 0) is 27.1 Å². The molecule has 82 valence electrons. The molecule has 13 heavy (non-hydrogen) atoms. The topological polar surface area (TPSA) is 55.3 Å². The van der Waals surface area contributed by atoms with Crippen LogP contribution in [0.1, 0.15) is 45.4 Å². The van der Waals surface area contributed by atoms with Crippen LogP contribution in [0.25, 0.3) is 0 Å². The quantitative estimate of drug-likeness (QED) is 0.364. The van der Waals surface area contributed by atoms with Crippen molar-refractivity contribution in [2.24, 2.45) is 11.7 Å². The molecule has 0 aliphatic heterocycles. The van der Waals surface area contributed by atoms with Gasteiger partial charge in [0.2, 0.25) is 0 Å². The number of hydrogen-bond donors (Lipinski definition) is 2. The molecule has 0 aromatic heterocycles. The summed E-state index contributed by atoms with van der Waals surface area (Å²) in [4.78, 5) is 2.26. The fourth-order valence-electron chi connectivity index (χ4n) is 1.21. The Morgan fingerprint density at radius 1 is 0.846 bits per heavy atom. The molecule has 0 aromatic carbocycles. The van der Waals surface area contributed by atoms with Crippen LogP contribution in [0.3, 0.4) is 0 Å². The second kappa shape index (κ2) is 14.4. The van der Waals surface area contributed by atoms with E-state index >= 15 is 0 Å². The van der Waals surface area contributed by atoms with Gasteiger partial charge in [0.15, 0.2) is 0 Å². The fourth-order valence-corrected chi connectivity index (χ4v) is 1.21. The SMILES string of the molecule is CCCCCCCCN(C)C.NN. The van der Waals surface area contributed by atoms with Gasteiger partial charge in [0.25, 0.3) is 0 Å². The second-order valence-electron chi connectivity index (χ2n) is 3.57. The average Bonchev–Trinajstić information content (AvgIpc) is 2.14. The molecule has 0 spiro atoms. The molecule has 0 atom stereocenters. The molecular formula is C10H27N3. The zero-order valence-corrected chi connectivity index (χ0v) is 9.55. The van der Waals surface area contributed by atoms with Gasteiger partial charge in [0.1, 0.15) is 0 Å². The highest BCUT2D eigenvalue weighted by Crippen LogP contribution is 2.04. The Morgan fingerprint density at radius 3 is 1.77 bits per heavy atom. The van der Waals surface area contributed by atoms with E-state index in [4.69, 9.17) is 0 Å². The molecule has 0 aromatic rings. The van der Waals surface area contributed by atoms with E-state index in [-0.39, 0.29) is 0 Å². The number of unbranched alkanes of at least 4 members (excludes halogenated alkanes) is 5. The van der Waals surface area contributed by atoms with E-state index < -0.39 is 0 Å². The molecule has 0 unspecified atom stereocenters. The summed E-state index contributed by atoms with van der Waals surface area (Å²) < 4.78 is 0. The molecule has 3 nitrogen and oxygen atoms in total. The molecule has 0 rings (SSSR count). The molecule has 0 aliphatic carbocycles. The highest BCUT2D eigenvalue weighted by atomic mass is 15.0. The summed E-state index contributed by atoms with van der Waals surface area (Å²) in [6.45, 7) is 3.52. The van der Waals surface area contributed by atoms with Crippen molar-refractivity contribution < 1.29 is 0 Å². The molecule has 0 amide bonds. The lowest BCUT2D eigenvalue weighted by Crippen LogP contribution is -2.12. The summed E-state index contributed by atoms with van der Waals surface area (Å²) >= 11 is 0. The van der Waals surface area contributed by atoms with Gasteiger partial charge >= 0.3 is 0 Å². The van der Waals surface area contributed by atoms with Gasteiger partial charge in [-0.15, -0.1) is 0 Å². The van der Waals surface area contributed by atoms with Gasteiger partial charge in [-0.3, -0.25) is 11.7 Å². The van der Waals surface area contributed by atoms with Crippen molar-refractivity contribution in [3.8, 4) is 0 Å². The van der Waals surface area contributed by atoms with E-state index in [9.17, 15) is 0 Å². The molecule has 0 heterocycles. The van der Waals surface area contributed by atoms with Crippen LogP contribution in [0.15, 0.2) is 0 Å². The van der Waals surface area contributed by atoms with Gasteiger partial charge in [-0.1, -0.05) is 39.0 Å². The van der Waals surface area contributed by atoms with E-state index in [1.54, 1.807) is 0 Å². The van der Waals surface area contributed by atoms with E-state index in [1.165, 1.54) is 45.1 Å². The third kappa shape index (κ3) is 18.7.